The highest BCUT2D eigenvalue weighted by Gasteiger charge is 2.15. The number of hydrogen-bond donors (Lipinski definition) is 3. The van der Waals surface area contributed by atoms with Crippen LogP contribution >= 0.6 is 0 Å². The number of carbonyl (C=O) groups excluding carboxylic acids is 1. The molecule has 35 heavy (non-hydrogen) atoms. The van der Waals surface area contributed by atoms with Crippen LogP contribution in [-0.4, -0.2) is 54.9 Å². The van der Waals surface area contributed by atoms with Crippen LogP contribution in [0, 0.1) is 0 Å². The molecule has 0 fully saturated rings. The van der Waals surface area contributed by atoms with E-state index < -0.39 is 0 Å². The summed E-state index contributed by atoms with van der Waals surface area (Å²) in [7, 11) is 4.67. The molecule has 182 valence electrons. The third-order valence-corrected chi connectivity index (χ3v) is 5.40. The van der Waals surface area contributed by atoms with Crippen molar-refractivity contribution in [3.05, 3.63) is 60.4 Å². The maximum absolute atomic E-state index is 12.5. The molecular weight excluding hydrogens is 448 g/mol. The molecule has 10 nitrogen and oxygen atoms in total. The zero-order valence-electron chi connectivity index (χ0n) is 19.9. The summed E-state index contributed by atoms with van der Waals surface area (Å²) in [5.41, 5.74) is 8.24. The lowest BCUT2D eigenvalue weighted by molar-refractivity contribution is 0.0953. The summed E-state index contributed by atoms with van der Waals surface area (Å²) in [5, 5.41) is 6.94. The van der Waals surface area contributed by atoms with E-state index in [2.05, 4.69) is 15.6 Å². The fourth-order valence-corrected chi connectivity index (χ4v) is 3.67. The Labute approximate surface area is 203 Å². The van der Waals surface area contributed by atoms with Gasteiger partial charge in [0, 0.05) is 53.4 Å². The van der Waals surface area contributed by atoms with Crippen molar-refractivity contribution < 1.29 is 19.0 Å². The predicted octanol–water partition coefficient (Wildman–Crippen LogP) is 3.27. The Bertz CT molecular complexity index is 1310. The Morgan fingerprint density at radius 2 is 1.83 bits per heavy atom. The zero-order chi connectivity index (χ0) is 24.8. The van der Waals surface area contributed by atoms with E-state index in [0.29, 0.717) is 53.2 Å². The lowest BCUT2D eigenvalue weighted by Crippen LogP contribution is -2.26. The van der Waals surface area contributed by atoms with Crippen LogP contribution in [0.2, 0.25) is 0 Å². The molecule has 0 spiro atoms. The van der Waals surface area contributed by atoms with Crippen molar-refractivity contribution in [1.82, 2.24) is 19.9 Å². The summed E-state index contributed by atoms with van der Waals surface area (Å²) >= 11 is 0. The molecule has 4 rings (SSSR count). The highest BCUT2D eigenvalue weighted by Crippen LogP contribution is 2.40. The van der Waals surface area contributed by atoms with E-state index in [1.807, 2.05) is 35.0 Å². The number of nitrogens with two attached hydrogens (primary N) is 1. The van der Waals surface area contributed by atoms with Gasteiger partial charge in [-0.25, -0.2) is 4.98 Å². The van der Waals surface area contributed by atoms with Gasteiger partial charge in [-0.3, -0.25) is 4.79 Å². The molecule has 4 aromatic rings. The minimum atomic E-state index is -0.142. The van der Waals surface area contributed by atoms with Gasteiger partial charge in [-0.1, -0.05) is 6.07 Å². The average Bonchev–Trinajstić information content (AvgIpc) is 3.31. The van der Waals surface area contributed by atoms with Crippen molar-refractivity contribution in [2.45, 2.75) is 6.42 Å². The minimum absolute atomic E-state index is 0.142. The van der Waals surface area contributed by atoms with Gasteiger partial charge in [0.1, 0.15) is 5.65 Å². The number of fused-ring (bicyclic) bond motifs is 1. The number of ether oxygens (including phenoxy) is 3. The van der Waals surface area contributed by atoms with Crippen molar-refractivity contribution in [3.63, 3.8) is 0 Å². The van der Waals surface area contributed by atoms with Crippen molar-refractivity contribution in [2.24, 2.45) is 5.73 Å². The second-order valence-corrected chi connectivity index (χ2v) is 7.65. The van der Waals surface area contributed by atoms with Crippen molar-refractivity contribution >= 4 is 28.6 Å². The van der Waals surface area contributed by atoms with Gasteiger partial charge in [-0.2, -0.15) is 4.98 Å². The molecule has 0 radical (unpaired) electrons. The van der Waals surface area contributed by atoms with E-state index >= 15 is 0 Å². The van der Waals surface area contributed by atoms with Crippen LogP contribution < -0.4 is 30.6 Å². The van der Waals surface area contributed by atoms with E-state index in [4.69, 9.17) is 24.9 Å². The summed E-state index contributed by atoms with van der Waals surface area (Å²) < 4.78 is 18.1. The fraction of sp³-hybridized carbons (Fsp3) is 0.240. The number of benzene rings is 2. The summed E-state index contributed by atoms with van der Waals surface area (Å²) in [6.45, 7) is 1.07. The molecule has 10 heteroatoms. The molecule has 2 aromatic heterocycles. The molecule has 0 bridgehead atoms. The Morgan fingerprint density at radius 3 is 2.51 bits per heavy atom. The average molecular weight is 477 g/mol. The molecule has 0 unspecified atom stereocenters. The number of nitrogens with zero attached hydrogens (tertiary/aromatic N) is 3. The largest absolute Gasteiger partial charge is 0.493 e. The lowest BCUT2D eigenvalue weighted by atomic mass is 10.2. The Hall–Kier alpha value is -4.31. The predicted molar refractivity (Wildman–Crippen MR) is 134 cm³/mol. The van der Waals surface area contributed by atoms with E-state index in [1.165, 1.54) is 0 Å². The van der Waals surface area contributed by atoms with Gasteiger partial charge >= 0.3 is 0 Å². The number of hydrogen-bond acceptors (Lipinski definition) is 8. The van der Waals surface area contributed by atoms with Gasteiger partial charge in [0.05, 0.1) is 21.3 Å². The number of anilines is 2. The monoisotopic (exact) mass is 476 g/mol. The van der Waals surface area contributed by atoms with Crippen LogP contribution in [0.3, 0.4) is 0 Å². The zero-order valence-corrected chi connectivity index (χ0v) is 19.9. The number of amides is 1. The first-order chi connectivity index (χ1) is 17.1. The number of nitrogens with one attached hydrogen (secondary N) is 2. The standard InChI is InChI=1S/C25H28N6O4/c1-33-20-13-18(14-21(34-2)22(20)35-3)29-25-28-15-17-8-11-31(23(17)30-25)19-7-4-6-16(12-19)24(32)27-10-5-9-26/h4,6-8,11-15H,5,9-10,26H2,1-3H3,(H,27,32)(H,28,29,30). The molecule has 0 saturated heterocycles. The van der Waals surface area contributed by atoms with E-state index in [1.54, 1.807) is 45.7 Å². The molecule has 2 aromatic carbocycles. The van der Waals surface area contributed by atoms with E-state index in [9.17, 15) is 4.79 Å². The summed E-state index contributed by atoms with van der Waals surface area (Å²) in [6, 6.07) is 12.8. The van der Waals surface area contributed by atoms with Gasteiger partial charge in [0.25, 0.3) is 5.91 Å². The summed E-state index contributed by atoms with van der Waals surface area (Å²) in [5.74, 6) is 1.78. The molecule has 0 atom stereocenters. The third-order valence-electron chi connectivity index (χ3n) is 5.40. The molecule has 0 aliphatic carbocycles. The maximum atomic E-state index is 12.5. The van der Waals surface area contributed by atoms with Crippen LogP contribution in [0.25, 0.3) is 16.7 Å². The van der Waals surface area contributed by atoms with Gasteiger partial charge < -0.3 is 35.1 Å². The van der Waals surface area contributed by atoms with Crippen molar-refractivity contribution in [2.75, 3.05) is 39.7 Å². The Morgan fingerprint density at radius 1 is 1.06 bits per heavy atom. The van der Waals surface area contributed by atoms with E-state index in [0.717, 1.165) is 17.5 Å². The second-order valence-electron chi connectivity index (χ2n) is 7.65. The first-order valence-electron chi connectivity index (χ1n) is 11.1. The quantitative estimate of drug-likeness (QED) is 0.298. The molecule has 0 aliphatic heterocycles. The molecule has 0 aliphatic rings. The number of methoxy groups -OCH3 is 3. The Balaban J connectivity index is 1.64. The SMILES string of the molecule is COc1cc(Nc2ncc3ccn(-c4cccc(C(=O)NCCCN)c4)c3n2)cc(OC)c1OC. The number of rotatable bonds is 10. The minimum Gasteiger partial charge on any atom is -0.493 e. The third kappa shape index (κ3) is 5.12. The molecule has 1 amide bonds. The lowest BCUT2D eigenvalue weighted by Gasteiger charge is -2.14. The van der Waals surface area contributed by atoms with Gasteiger partial charge in [-0.05, 0) is 37.2 Å². The number of aromatic nitrogens is 3. The molecule has 0 saturated carbocycles. The summed E-state index contributed by atoms with van der Waals surface area (Å²) in [4.78, 5) is 21.6. The fourth-order valence-electron chi connectivity index (χ4n) is 3.67. The molecule has 4 N–H and O–H groups in total. The van der Waals surface area contributed by atoms with Crippen LogP contribution in [0.15, 0.2) is 54.9 Å². The first-order valence-corrected chi connectivity index (χ1v) is 11.1. The first kappa shape index (κ1) is 23.8. The molecular formula is C25H28N6O4. The van der Waals surface area contributed by atoms with Gasteiger partial charge in [-0.15, -0.1) is 0 Å². The van der Waals surface area contributed by atoms with Crippen LogP contribution in [0.1, 0.15) is 16.8 Å². The topological polar surface area (TPSA) is 126 Å². The van der Waals surface area contributed by atoms with Crippen LogP contribution in [-0.2, 0) is 0 Å². The van der Waals surface area contributed by atoms with Crippen molar-refractivity contribution in [3.8, 4) is 22.9 Å². The van der Waals surface area contributed by atoms with Crippen molar-refractivity contribution in [1.29, 1.82) is 0 Å². The summed E-state index contributed by atoms with van der Waals surface area (Å²) in [6.07, 6.45) is 4.36. The van der Waals surface area contributed by atoms with Crippen LogP contribution in [0.5, 0.6) is 17.2 Å². The van der Waals surface area contributed by atoms with Crippen LogP contribution in [0.4, 0.5) is 11.6 Å². The maximum Gasteiger partial charge on any atom is 0.251 e. The van der Waals surface area contributed by atoms with E-state index in [-0.39, 0.29) is 5.91 Å². The highest BCUT2D eigenvalue weighted by atomic mass is 16.5. The highest BCUT2D eigenvalue weighted by molar-refractivity contribution is 5.95. The second kappa shape index (κ2) is 10.7. The van der Waals surface area contributed by atoms with Gasteiger partial charge in [0.15, 0.2) is 11.5 Å². The van der Waals surface area contributed by atoms with Gasteiger partial charge in [0.2, 0.25) is 11.7 Å². The normalized spacial score (nSPS) is 10.7. The number of carbonyl (C=O) groups is 1. The smallest absolute Gasteiger partial charge is 0.251 e. The Kier molecular flexibility index (Phi) is 7.32. The molecule has 2 heterocycles.